The van der Waals surface area contributed by atoms with Crippen LogP contribution in [0.25, 0.3) is 89.2 Å². The third-order valence-electron chi connectivity index (χ3n) is 9.71. The predicted octanol–water partition coefficient (Wildman–Crippen LogP) is 10.6. The number of nitrogens with two attached hydrogens (primary N) is 1. The van der Waals surface area contributed by atoms with Gasteiger partial charge in [0.1, 0.15) is 0 Å². The van der Waals surface area contributed by atoms with E-state index in [1.807, 2.05) is 66.7 Å². The van der Waals surface area contributed by atoms with Gasteiger partial charge < -0.3 is 14.9 Å². The number of anilines is 1. The molecule has 0 unspecified atom stereocenters. The summed E-state index contributed by atoms with van der Waals surface area (Å²) in [5.74, 6) is 1.79. The molecule has 0 fully saturated rings. The molecule has 6 heteroatoms. The Hall–Kier alpha value is -7.05. The molecule has 3 aromatic heterocycles. The average molecular weight is 655 g/mol. The monoisotopic (exact) mass is 654 g/mol. The van der Waals surface area contributed by atoms with Gasteiger partial charge in [-0.05, 0) is 48.5 Å². The fraction of sp³-hybridized carbons (Fsp3) is 0. The Labute approximate surface area is 293 Å². The topological polar surface area (TPSA) is 74.6 Å². The summed E-state index contributed by atoms with van der Waals surface area (Å²) >= 11 is 0. The molecule has 0 aliphatic carbocycles. The summed E-state index contributed by atoms with van der Waals surface area (Å²) in [6, 6.07) is 58.5. The zero-order chi connectivity index (χ0) is 33.9. The minimum absolute atomic E-state index is 0.566. The lowest BCUT2D eigenvalue weighted by molar-refractivity contribution is 1.07. The maximum Gasteiger partial charge on any atom is 0.164 e. The fourth-order valence-corrected chi connectivity index (χ4v) is 7.45. The van der Waals surface area contributed by atoms with Crippen LogP contribution in [0.5, 0.6) is 0 Å². The van der Waals surface area contributed by atoms with Gasteiger partial charge in [-0.25, -0.2) is 15.0 Å². The van der Waals surface area contributed by atoms with Crippen LogP contribution in [0.1, 0.15) is 0 Å². The molecule has 6 nitrogen and oxygen atoms in total. The highest BCUT2D eigenvalue weighted by Gasteiger charge is 2.22. The van der Waals surface area contributed by atoms with E-state index < -0.39 is 0 Å². The number of benzene rings is 7. The quantitative estimate of drug-likeness (QED) is 0.187. The normalized spacial score (nSPS) is 11.6. The van der Waals surface area contributed by atoms with Gasteiger partial charge in [0.05, 0.1) is 33.4 Å². The lowest BCUT2D eigenvalue weighted by atomic mass is 10.1. The van der Waals surface area contributed by atoms with Gasteiger partial charge in [0.2, 0.25) is 0 Å². The second-order valence-corrected chi connectivity index (χ2v) is 12.7. The van der Waals surface area contributed by atoms with Crippen molar-refractivity contribution in [3.05, 3.63) is 170 Å². The molecule has 10 rings (SSSR count). The van der Waals surface area contributed by atoms with Crippen molar-refractivity contribution >= 4 is 49.3 Å². The Bertz CT molecular complexity index is 2850. The first-order valence-electron chi connectivity index (χ1n) is 17.0. The highest BCUT2D eigenvalue weighted by atomic mass is 15.0. The molecule has 0 atom stereocenters. The third kappa shape index (κ3) is 4.61. The third-order valence-corrected chi connectivity index (χ3v) is 9.71. The van der Waals surface area contributed by atoms with Gasteiger partial charge >= 0.3 is 0 Å². The van der Waals surface area contributed by atoms with Gasteiger partial charge in [0.15, 0.2) is 17.5 Å². The van der Waals surface area contributed by atoms with E-state index in [1.54, 1.807) is 0 Å². The van der Waals surface area contributed by atoms with Gasteiger partial charge in [0.25, 0.3) is 0 Å². The second-order valence-electron chi connectivity index (χ2n) is 12.7. The molecule has 7 aromatic carbocycles. The molecule has 2 N–H and O–H groups in total. The largest absolute Gasteiger partial charge is 0.397 e. The van der Waals surface area contributed by atoms with Gasteiger partial charge in [-0.1, -0.05) is 121 Å². The molecule has 0 spiro atoms. The smallest absolute Gasteiger partial charge is 0.164 e. The van der Waals surface area contributed by atoms with E-state index in [1.165, 1.54) is 21.5 Å². The summed E-state index contributed by atoms with van der Waals surface area (Å²) < 4.78 is 4.68. The zero-order valence-electron chi connectivity index (χ0n) is 27.5. The van der Waals surface area contributed by atoms with E-state index in [9.17, 15) is 0 Å². The van der Waals surface area contributed by atoms with Crippen molar-refractivity contribution in [2.75, 3.05) is 5.73 Å². The summed E-state index contributed by atoms with van der Waals surface area (Å²) in [7, 11) is 0. The molecule has 240 valence electrons. The molecule has 0 saturated heterocycles. The van der Waals surface area contributed by atoms with Crippen molar-refractivity contribution < 1.29 is 0 Å². The first-order chi connectivity index (χ1) is 25.2. The number of hydrogen-bond donors (Lipinski definition) is 1. The van der Waals surface area contributed by atoms with Gasteiger partial charge in [-0.3, -0.25) is 0 Å². The number of nitrogen functional groups attached to an aromatic ring is 1. The molecule has 0 bridgehead atoms. The van der Waals surface area contributed by atoms with Crippen LogP contribution in [0.3, 0.4) is 0 Å². The first-order valence-corrected chi connectivity index (χ1v) is 17.0. The lowest BCUT2D eigenvalue weighted by Crippen LogP contribution is -2.03. The van der Waals surface area contributed by atoms with Crippen molar-refractivity contribution in [1.82, 2.24) is 24.1 Å². The van der Waals surface area contributed by atoms with Gasteiger partial charge in [0, 0.05) is 43.9 Å². The van der Waals surface area contributed by atoms with Crippen LogP contribution in [0.15, 0.2) is 170 Å². The molecule has 0 amide bonds. The molecular formula is C45H30N6. The number of para-hydroxylation sites is 3. The second kappa shape index (κ2) is 11.5. The highest BCUT2D eigenvalue weighted by molar-refractivity contribution is 6.26. The molecule has 10 aromatic rings. The van der Waals surface area contributed by atoms with Crippen LogP contribution < -0.4 is 5.73 Å². The minimum Gasteiger partial charge on any atom is -0.397 e. The van der Waals surface area contributed by atoms with Crippen molar-refractivity contribution in [3.63, 3.8) is 0 Å². The fourth-order valence-electron chi connectivity index (χ4n) is 7.45. The first kappa shape index (κ1) is 28.9. The van der Waals surface area contributed by atoms with Crippen LogP contribution >= 0.6 is 0 Å². The number of aromatic nitrogens is 5. The van der Waals surface area contributed by atoms with E-state index in [-0.39, 0.29) is 0 Å². The van der Waals surface area contributed by atoms with Crippen molar-refractivity contribution in [1.29, 1.82) is 0 Å². The number of fused-ring (bicyclic) bond motifs is 7. The summed E-state index contributed by atoms with van der Waals surface area (Å²) in [4.78, 5) is 14.8. The van der Waals surface area contributed by atoms with Gasteiger partial charge in [-0.15, -0.1) is 0 Å². The van der Waals surface area contributed by atoms with Crippen LogP contribution in [0.2, 0.25) is 0 Å². The summed E-state index contributed by atoms with van der Waals surface area (Å²) in [6.07, 6.45) is 0. The molecular weight excluding hydrogens is 625 g/mol. The predicted molar refractivity (Wildman–Crippen MR) is 209 cm³/mol. The Morgan fingerprint density at radius 1 is 0.392 bits per heavy atom. The van der Waals surface area contributed by atoms with E-state index in [0.717, 1.165) is 50.1 Å². The van der Waals surface area contributed by atoms with E-state index in [0.29, 0.717) is 23.2 Å². The van der Waals surface area contributed by atoms with E-state index in [2.05, 4.69) is 112 Å². The van der Waals surface area contributed by atoms with Crippen LogP contribution in [0.4, 0.5) is 5.69 Å². The Kier molecular flexibility index (Phi) is 6.54. The Balaban J connectivity index is 1.22. The Morgan fingerprint density at radius 2 is 0.922 bits per heavy atom. The van der Waals surface area contributed by atoms with Crippen LogP contribution in [-0.4, -0.2) is 24.1 Å². The highest BCUT2D eigenvalue weighted by Crippen LogP contribution is 2.43. The number of rotatable bonds is 5. The van der Waals surface area contributed by atoms with Gasteiger partial charge in [-0.2, -0.15) is 0 Å². The molecule has 0 radical (unpaired) electrons. The van der Waals surface area contributed by atoms with Crippen LogP contribution in [-0.2, 0) is 0 Å². The number of hydrogen-bond acceptors (Lipinski definition) is 4. The van der Waals surface area contributed by atoms with E-state index >= 15 is 0 Å². The summed E-state index contributed by atoms with van der Waals surface area (Å²) in [5.41, 5.74) is 16.9. The average Bonchev–Trinajstić information content (AvgIpc) is 3.72. The van der Waals surface area contributed by atoms with Crippen molar-refractivity contribution in [2.24, 2.45) is 0 Å². The molecule has 0 aliphatic rings. The van der Waals surface area contributed by atoms with Crippen LogP contribution in [0, 0.1) is 0 Å². The van der Waals surface area contributed by atoms with Crippen molar-refractivity contribution in [3.8, 4) is 45.5 Å². The maximum absolute atomic E-state index is 7.09. The molecule has 0 aliphatic heterocycles. The standard InChI is InChI=1S/C45H30N6/c46-36-28-31(45-48-43(29-14-4-1-5-15-29)47-44(49-45)30-16-6-2-7-17-30)24-26-39(36)51-37-22-12-10-20-33(37)34-25-27-40-41(42(34)51)35-21-11-13-23-38(35)50(40)32-18-8-3-9-19-32/h1-28H,46H2. The maximum atomic E-state index is 7.09. The SMILES string of the molecule is Nc1cc(-c2nc(-c3ccccc3)nc(-c3ccccc3)n2)ccc1-n1c2ccccc2c2ccc3c(c4ccccc4n3-c3ccccc3)c21. The zero-order valence-corrected chi connectivity index (χ0v) is 27.5. The molecule has 3 heterocycles. The Morgan fingerprint density at radius 3 is 1.55 bits per heavy atom. The summed E-state index contributed by atoms with van der Waals surface area (Å²) in [5, 5.41) is 4.72. The number of nitrogens with zero attached hydrogens (tertiary/aromatic N) is 5. The lowest BCUT2D eigenvalue weighted by Gasteiger charge is -2.14. The minimum atomic E-state index is 0.566. The molecule has 0 saturated carbocycles. The molecule has 51 heavy (non-hydrogen) atoms. The van der Waals surface area contributed by atoms with E-state index in [4.69, 9.17) is 20.7 Å². The van der Waals surface area contributed by atoms with Crippen molar-refractivity contribution in [2.45, 2.75) is 0 Å². The summed E-state index contributed by atoms with van der Waals surface area (Å²) in [6.45, 7) is 0.